The third-order valence-electron chi connectivity index (χ3n) is 5.50. The fourth-order valence-electron chi connectivity index (χ4n) is 3.95. The highest BCUT2D eigenvalue weighted by Gasteiger charge is 2.26. The van der Waals surface area contributed by atoms with Gasteiger partial charge in [-0.2, -0.15) is 5.10 Å². The number of aliphatic imine (C=N–C) groups is 1. The van der Waals surface area contributed by atoms with E-state index in [-0.39, 0.29) is 30.1 Å². The molecule has 2 fully saturated rings. The molecule has 8 heteroatoms. The van der Waals surface area contributed by atoms with Crippen LogP contribution in [0.4, 0.5) is 0 Å². The molecule has 2 atom stereocenters. The van der Waals surface area contributed by atoms with Crippen LogP contribution in [0.5, 0.6) is 0 Å². The quantitative estimate of drug-likeness (QED) is 0.398. The zero-order valence-corrected chi connectivity index (χ0v) is 19.4. The number of aromatic nitrogens is 2. The molecule has 7 nitrogen and oxygen atoms in total. The maximum atomic E-state index is 5.95. The molecule has 3 heterocycles. The lowest BCUT2D eigenvalue weighted by molar-refractivity contribution is -0.00815. The number of halogens is 1. The third kappa shape index (κ3) is 6.05. The summed E-state index contributed by atoms with van der Waals surface area (Å²) >= 11 is 0. The van der Waals surface area contributed by atoms with Crippen LogP contribution < -0.4 is 5.32 Å². The Bertz CT molecular complexity index is 605. The predicted octanol–water partition coefficient (Wildman–Crippen LogP) is 2.11. The zero-order chi connectivity index (χ0) is 18.5. The summed E-state index contributed by atoms with van der Waals surface area (Å²) in [6.07, 6.45) is 6.58. The molecule has 0 bridgehead atoms. The van der Waals surface area contributed by atoms with Gasteiger partial charge in [0.25, 0.3) is 0 Å². The molecule has 2 aliphatic heterocycles. The summed E-state index contributed by atoms with van der Waals surface area (Å²) in [4.78, 5) is 9.42. The largest absolute Gasteiger partial charge is 0.370 e. The topological polar surface area (TPSA) is 57.9 Å². The monoisotopic (exact) mass is 490 g/mol. The molecule has 27 heavy (non-hydrogen) atoms. The van der Waals surface area contributed by atoms with Gasteiger partial charge in [-0.25, -0.2) is 0 Å². The van der Waals surface area contributed by atoms with E-state index in [4.69, 9.17) is 4.74 Å². The number of nitrogens with zero attached hydrogens (tertiary/aromatic N) is 5. The average molecular weight is 490 g/mol. The van der Waals surface area contributed by atoms with Crippen molar-refractivity contribution >= 4 is 29.9 Å². The van der Waals surface area contributed by atoms with Gasteiger partial charge in [0.05, 0.1) is 19.3 Å². The highest BCUT2D eigenvalue weighted by molar-refractivity contribution is 14.0. The van der Waals surface area contributed by atoms with Gasteiger partial charge in [-0.3, -0.25) is 9.67 Å². The Morgan fingerprint density at radius 1 is 1.37 bits per heavy atom. The first kappa shape index (κ1) is 22.4. The molecule has 0 aliphatic carbocycles. The normalized spacial score (nSPS) is 24.8. The number of nitrogens with one attached hydrogen (secondary N) is 1. The van der Waals surface area contributed by atoms with E-state index < -0.39 is 0 Å². The van der Waals surface area contributed by atoms with E-state index in [0.29, 0.717) is 18.6 Å². The van der Waals surface area contributed by atoms with Crippen LogP contribution in [0.2, 0.25) is 0 Å². The summed E-state index contributed by atoms with van der Waals surface area (Å²) in [6, 6.07) is 0.636. The Kier molecular flexibility index (Phi) is 8.81. The van der Waals surface area contributed by atoms with Crippen molar-refractivity contribution in [2.24, 2.45) is 18.0 Å². The van der Waals surface area contributed by atoms with Gasteiger partial charge in [-0.15, -0.1) is 24.0 Å². The minimum atomic E-state index is 0. The molecule has 0 spiro atoms. The smallest absolute Gasteiger partial charge is 0.193 e. The van der Waals surface area contributed by atoms with Crippen molar-refractivity contribution in [1.29, 1.82) is 0 Å². The van der Waals surface area contributed by atoms with Crippen LogP contribution in [-0.4, -0.2) is 78.0 Å². The number of morpholine rings is 1. The second-order valence-electron chi connectivity index (χ2n) is 7.78. The standard InChI is InChI=1S/C19H34N6O.HI/c1-15(2)24-7-5-6-16(12-24)10-21-19(20-3)25-8-9-26-18(14-25)17-11-22-23(4)13-17;/h11,13,15-16,18H,5-10,12,14H2,1-4H3,(H,20,21);1H. The first-order valence-electron chi connectivity index (χ1n) is 9.86. The van der Waals surface area contributed by atoms with Crippen molar-refractivity contribution in [1.82, 2.24) is 24.9 Å². The van der Waals surface area contributed by atoms with Crippen LogP contribution in [0.15, 0.2) is 17.4 Å². The number of ether oxygens (including phenoxy) is 1. The minimum absolute atomic E-state index is 0. The van der Waals surface area contributed by atoms with Crippen LogP contribution in [0.3, 0.4) is 0 Å². The number of hydrogen-bond donors (Lipinski definition) is 1. The summed E-state index contributed by atoms with van der Waals surface area (Å²) in [5.41, 5.74) is 1.13. The second kappa shape index (κ2) is 10.6. The molecule has 1 aromatic heterocycles. The Balaban J connectivity index is 0.00000261. The van der Waals surface area contributed by atoms with Crippen LogP contribution >= 0.6 is 24.0 Å². The van der Waals surface area contributed by atoms with Crippen LogP contribution in [0.25, 0.3) is 0 Å². The molecule has 2 aliphatic rings. The maximum Gasteiger partial charge on any atom is 0.193 e. The average Bonchev–Trinajstić information content (AvgIpc) is 3.09. The number of aryl methyl sites for hydroxylation is 1. The van der Waals surface area contributed by atoms with Crippen molar-refractivity contribution in [2.75, 3.05) is 46.4 Å². The number of hydrogen-bond acceptors (Lipinski definition) is 4. The highest BCUT2D eigenvalue weighted by atomic mass is 127. The number of likely N-dealkylation sites (tertiary alicyclic amines) is 1. The summed E-state index contributed by atoms with van der Waals surface area (Å²) in [5.74, 6) is 1.68. The molecule has 0 saturated carbocycles. The number of piperidine rings is 1. The zero-order valence-electron chi connectivity index (χ0n) is 17.1. The van der Waals surface area contributed by atoms with Crippen molar-refractivity contribution in [2.45, 2.75) is 38.8 Å². The van der Waals surface area contributed by atoms with Crippen molar-refractivity contribution < 1.29 is 4.74 Å². The summed E-state index contributed by atoms with van der Waals surface area (Å²) in [6.45, 7) is 10.4. The van der Waals surface area contributed by atoms with Crippen LogP contribution in [-0.2, 0) is 11.8 Å². The predicted molar refractivity (Wildman–Crippen MR) is 120 cm³/mol. The van der Waals surface area contributed by atoms with Crippen LogP contribution in [0.1, 0.15) is 38.4 Å². The molecular formula is C19H35IN6O. The minimum Gasteiger partial charge on any atom is -0.370 e. The van der Waals surface area contributed by atoms with Gasteiger partial charge >= 0.3 is 0 Å². The lowest BCUT2D eigenvalue weighted by Crippen LogP contribution is -2.50. The molecular weight excluding hydrogens is 455 g/mol. The van der Waals surface area contributed by atoms with Gasteiger partial charge in [-0.1, -0.05) is 0 Å². The van der Waals surface area contributed by atoms with E-state index in [2.05, 4.69) is 39.1 Å². The van der Waals surface area contributed by atoms with E-state index in [1.54, 1.807) is 0 Å². The Morgan fingerprint density at radius 2 is 2.19 bits per heavy atom. The Morgan fingerprint density at radius 3 is 2.85 bits per heavy atom. The van der Waals surface area contributed by atoms with Gasteiger partial charge in [0.15, 0.2) is 5.96 Å². The molecule has 3 rings (SSSR count). The van der Waals surface area contributed by atoms with E-state index >= 15 is 0 Å². The molecule has 2 unspecified atom stereocenters. The van der Waals surface area contributed by atoms with Gasteiger partial charge in [0.1, 0.15) is 6.10 Å². The van der Waals surface area contributed by atoms with Crippen molar-refractivity contribution in [3.05, 3.63) is 18.0 Å². The number of rotatable bonds is 4. The Labute approximate surface area is 180 Å². The molecule has 2 saturated heterocycles. The SMILES string of the molecule is CN=C(NCC1CCCN(C(C)C)C1)N1CCOC(c2cnn(C)c2)C1.I. The number of guanidine groups is 1. The first-order chi connectivity index (χ1) is 12.6. The van der Waals surface area contributed by atoms with E-state index in [9.17, 15) is 0 Å². The molecule has 0 aromatic carbocycles. The third-order valence-corrected chi connectivity index (χ3v) is 5.50. The van der Waals surface area contributed by atoms with Gasteiger partial charge in [-0.05, 0) is 39.2 Å². The molecule has 154 valence electrons. The van der Waals surface area contributed by atoms with Crippen molar-refractivity contribution in [3.63, 3.8) is 0 Å². The Hall–Kier alpha value is -0.870. The van der Waals surface area contributed by atoms with Crippen LogP contribution in [0, 0.1) is 5.92 Å². The van der Waals surface area contributed by atoms with E-state index in [1.165, 1.54) is 25.9 Å². The second-order valence-corrected chi connectivity index (χ2v) is 7.78. The van der Waals surface area contributed by atoms with Gasteiger partial charge in [0, 0.05) is 51.5 Å². The lowest BCUT2D eigenvalue weighted by atomic mass is 9.97. The van der Waals surface area contributed by atoms with E-state index in [0.717, 1.165) is 31.2 Å². The molecule has 1 N–H and O–H groups in total. The van der Waals surface area contributed by atoms with Gasteiger partial charge < -0.3 is 19.9 Å². The fourth-order valence-corrected chi connectivity index (χ4v) is 3.95. The van der Waals surface area contributed by atoms with Gasteiger partial charge in [0.2, 0.25) is 0 Å². The highest BCUT2D eigenvalue weighted by Crippen LogP contribution is 2.22. The molecule has 0 amide bonds. The molecule has 1 aromatic rings. The fraction of sp³-hybridized carbons (Fsp3) is 0.789. The summed E-state index contributed by atoms with van der Waals surface area (Å²) < 4.78 is 7.78. The maximum absolute atomic E-state index is 5.95. The lowest BCUT2D eigenvalue weighted by Gasteiger charge is -2.37. The van der Waals surface area contributed by atoms with Crippen molar-refractivity contribution in [3.8, 4) is 0 Å². The summed E-state index contributed by atoms with van der Waals surface area (Å²) in [5, 5.41) is 7.89. The van der Waals surface area contributed by atoms with E-state index in [1.807, 2.05) is 31.2 Å². The molecule has 0 radical (unpaired) electrons. The summed E-state index contributed by atoms with van der Waals surface area (Å²) in [7, 11) is 3.81. The first-order valence-corrected chi connectivity index (χ1v) is 9.86.